The molecule has 0 saturated heterocycles. The van der Waals surface area contributed by atoms with Crippen LogP contribution in [0.2, 0.25) is 0 Å². The summed E-state index contributed by atoms with van der Waals surface area (Å²) in [5.74, 6) is 0.304. The summed E-state index contributed by atoms with van der Waals surface area (Å²) < 4.78 is 0. The maximum atomic E-state index is 11.6. The Balaban J connectivity index is 1.84. The van der Waals surface area contributed by atoms with Gasteiger partial charge in [0.1, 0.15) is 0 Å². The third kappa shape index (κ3) is 2.85. The molecule has 15 heavy (non-hydrogen) atoms. The first-order valence-electron chi connectivity index (χ1n) is 4.80. The smallest absolute Gasteiger partial charge is 0.233 e. The Hall–Kier alpha value is -1.24. The number of H-pyrrole nitrogens is 1. The number of rotatable bonds is 4. The summed E-state index contributed by atoms with van der Waals surface area (Å²) in [7, 11) is 0. The minimum absolute atomic E-state index is 0.0332. The van der Waals surface area contributed by atoms with E-state index < -0.39 is 0 Å². The van der Waals surface area contributed by atoms with Crippen molar-refractivity contribution in [3.05, 3.63) is 0 Å². The van der Waals surface area contributed by atoms with Crippen molar-refractivity contribution in [2.75, 3.05) is 5.73 Å². The summed E-state index contributed by atoms with van der Waals surface area (Å²) in [5.41, 5.74) is 5.38. The van der Waals surface area contributed by atoms with Gasteiger partial charge in [0.25, 0.3) is 0 Å². The standard InChI is InChI=1S/C8H13N5OS/c1-4(6(14)10-5-2-3-5)15-8-11-7(9)12-13-8/h4-5H,2-3H2,1H3,(H,10,14)(H3,9,11,12,13). The molecule has 1 heterocycles. The van der Waals surface area contributed by atoms with Crippen molar-refractivity contribution in [1.82, 2.24) is 20.5 Å². The first kappa shape index (κ1) is 10.3. The summed E-state index contributed by atoms with van der Waals surface area (Å²) >= 11 is 1.30. The maximum absolute atomic E-state index is 11.6. The number of aromatic amines is 1. The van der Waals surface area contributed by atoms with Crippen molar-refractivity contribution in [2.24, 2.45) is 0 Å². The number of nitrogens with two attached hydrogens (primary N) is 1. The summed E-state index contributed by atoms with van der Waals surface area (Å²) in [6.07, 6.45) is 2.19. The molecule has 0 bridgehead atoms. The molecule has 1 atom stereocenters. The molecule has 1 saturated carbocycles. The van der Waals surface area contributed by atoms with E-state index in [1.807, 2.05) is 6.92 Å². The van der Waals surface area contributed by atoms with E-state index in [0.717, 1.165) is 12.8 Å². The predicted octanol–water partition coefficient (Wildman–Crippen LogP) is 0.146. The number of amides is 1. The second kappa shape index (κ2) is 4.09. The van der Waals surface area contributed by atoms with Crippen LogP contribution in [0.4, 0.5) is 5.95 Å². The van der Waals surface area contributed by atoms with Gasteiger partial charge in [0.2, 0.25) is 17.0 Å². The van der Waals surface area contributed by atoms with Crippen molar-refractivity contribution in [3.63, 3.8) is 0 Å². The van der Waals surface area contributed by atoms with E-state index in [4.69, 9.17) is 5.73 Å². The number of carbonyl (C=O) groups is 1. The second-order valence-corrected chi connectivity index (χ2v) is 4.85. The quantitative estimate of drug-likeness (QED) is 0.636. The highest BCUT2D eigenvalue weighted by atomic mass is 32.2. The zero-order valence-corrected chi connectivity index (χ0v) is 9.17. The summed E-state index contributed by atoms with van der Waals surface area (Å²) in [6.45, 7) is 1.83. The number of hydrogen-bond donors (Lipinski definition) is 3. The number of anilines is 1. The molecular formula is C8H13N5OS. The minimum atomic E-state index is -0.194. The Bertz CT molecular complexity index is 362. The van der Waals surface area contributed by atoms with Gasteiger partial charge in [-0.1, -0.05) is 11.8 Å². The highest BCUT2D eigenvalue weighted by molar-refractivity contribution is 8.00. The van der Waals surface area contributed by atoms with Crippen molar-refractivity contribution in [1.29, 1.82) is 0 Å². The van der Waals surface area contributed by atoms with Gasteiger partial charge in [0, 0.05) is 6.04 Å². The molecule has 1 fully saturated rings. The van der Waals surface area contributed by atoms with Crippen molar-refractivity contribution in [2.45, 2.75) is 36.2 Å². The largest absolute Gasteiger partial charge is 0.368 e. The Labute approximate surface area is 91.4 Å². The SMILES string of the molecule is CC(Sc1n[nH]c(N)n1)C(=O)NC1CC1. The van der Waals surface area contributed by atoms with Crippen LogP contribution in [-0.4, -0.2) is 32.4 Å². The van der Waals surface area contributed by atoms with Crippen LogP contribution >= 0.6 is 11.8 Å². The molecule has 2 rings (SSSR count). The van der Waals surface area contributed by atoms with Gasteiger partial charge in [0.05, 0.1) is 5.25 Å². The molecule has 1 unspecified atom stereocenters. The fourth-order valence-electron chi connectivity index (χ4n) is 1.07. The maximum Gasteiger partial charge on any atom is 0.233 e. The van der Waals surface area contributed by atoms with E-state index in [-0.39, 0.29) is 17.1 Å². The highest BCUT2D eigenvalue weighted by Gasteiger charge is 2.26. The molecule has 0 radical (unpaired) electrons. The van der Waals surface area contributed by atoms with E-state index in [1.54, 1.807) is 0 Å². The predicted molar refractivity (Wildman–Crippen MR) is 57.3 cm³/mol. The van der Waals surface area contributed by atoms with Gasteiger partial charge in [-0.3, -0.25) is 4.79 Å². The van der Waals surface area contributed by atoms with Gasteiger partial charge in [-0.05, 0) is 19.8 Å². The van der Waals surface area contributed by atoms with Crippen LogP contribution in [0.5, 0.6) is 0 Å². The second-order valence-electron chi connectivity index (χ2n) is 3.55. The van der Waals surface area contributed by atoms with Gasteiger partial charge in [-0.15, -0.1) is 5.10 Å². The molecule has 82 valence electrons. The van der Waals surface area contributed by atoms with E-state index in [1.165, 1.54) is 11.8 Å². The molecule has 0 aromatic carbocycles. The van der Waals surface area contributed by atoms with Crippen LogP contribution in [0.15, 0.2) is 5.16 Å². The molecule has 6 nitrogen and oxygen atoms in total. The Kier molecular flexibility index (Phi) is 2.81. The van der Waals surface area contributed by atoms with Crippen LogP contribution in [0.3, 0.4) is 0 Å². The van der Waals surface area contributed by atoms with E-state index in [9.17, 15) is 4.79 Å². The highest BCUT2D eigenvalue weighted by Crippen LogP contribution is 2.23. The molecule has 7 heteroatoms. The lowest BCUT2D eigenvalue weighted by molar-refractivity contribution is -0.120. The zero-order valence-electron chi connectivity index (χ0n) is 8.36. The lowest BCUT2D eigenvalue weighted by atomic mass is 10.4. The van der Waals surface area contributed by atoms with Gasteiger partial charge in [-0.25, -0.2) is 5.10 Å². The van der Waals surface area contributed by atoms with Gasteiger partial charge >= 0.3 is 0 Å². The fraction of sp³-hybridized carbons (Fsp3) is 0.625. The van der Waals surface area contributed by atoms with E-state index in [0.29, 0.717) is 11.2 Å². The number of hydrogen-bond acceptors (Lipinski definition) is 5. The normalized spacial score (nSPS) is 17.4. The fourth-order valence-corrected chi connectivity index (χ4v) is 1.81. The molecule has 0 aliphatic heterocycles. The topological polar surface area (TPSA) is 96.7 Å². The van der Waals surface area contributed by atoms with Crippen LogP contribution in [0, 0.1) is 0 Å². The number of thioether (sulfide) groups is 1. The van der Waals surface area contributed by atoms with E-state index >= 15 is 0 Å². The molecular weight excluding hydrogens is 214 g/mol. The lowest BCUT2D eigenvalue weighted by Gasteiger charge is -2.08. The average Bonchev–Trinajstić information content (AvgIpc) is 2.90. The molecule has 1 aromatic heterocycles. The monoisotopic (exact) mass is 227 g/mol. The van der Waals surface area contributed by atoms with Gasteiger partial charge in [-0.2, -0.15) is 4.98 Å². The number of nitrogens with zero attached hydrogens (tertiary/aromatic N) is 2. The first-order valence-corrected chi connectivity index (χ1v) is 5.68. The van der Waals surface area contributed by atoms with Crippen LogP contribution < -0.4 is 11.1 Å². The number of nitrogens with one attached hydrogen (secondary N) is 2. The van der Waals surface area contributed by atoms with Gasteiger partial charge < -0.3 is 11.1 Å². The number of aromatic nitrogens is 3. The Morgan fingerprint density at radius 2 is 2.47 bits per heavy atom. The molecule has 1 aliphatic carbocycles. The first-order chi connectivity index (χ1) is 7.15. The lowest BCUT2D eigenvalue weighted by Crippen LogP contribution is -2.32. The minimum Gasteiger partial charge on any atom is -0.368 e. The molecule has 1 aromatic rings. The van der Waals surface area contributed by atoms with Crippen LogP contribution in [0.25, 0.3) is 0 Å². The summed E-state index contributed by atoms with van der Waals surface area (Å²) in [4.78, 5) is 15.5. The number of carbonyl (C=O) groups excluding carboxylic acids is 1. The third-order valence-corrected chi connectivity index (χ3v) is 3.02. The summed E-state index contributed by atoms with van der Waals surface area (Å²) in [6, 6.07) is 0.387. The molecule has 1 aliphatic rings. The van der Waals surface area contributed by atoms with E-state index in [2.05, 4.69) is 20.5 Å². The zero-order chi connectivity index (χ0) is 10.8. The van der Waals surface area contributed by atoms with Crippen LogP contribution in [0.1, 0.15) is 19.8 Å². The summed E-state index contributed by atoms with van der Waals surface area (Å²) in [5, 5.41) is 9.62. The van der Waals surface area contributed by atoms with Crippen molar-refractivity contribution < 1.29 is 4.79 Å². The third-order valence-electron chi connectivity index (χ3n) is 2.06. The molecule has 1 amide bonds. The molecule has 4 N–H and O–H groups in total. The van der Waals surface area contributed by atoms with Crippen molar-refractivity contribution in [3.8, 4) is 0 Å². The Morgan fingerprint density at radius 3 is 3.00 bits per heavy atom. The average molecular weight is 227 g/mol. The van der Waals surface area contributed by atoms with Crippen LogP contribution in [-0.2, 0) is 4.79 Å². The van der Waals surface area contributed by atoms with Gasteiger partial charge in [0.15, 0.2) is 0 Å². The number of nitrogen functional groups attached to an aromatic ring is 1. The van der Waals surface area contributed by atoms with Crippen molar-refractivity contribution >= 4 is 23.6 Å². The Morgan fingerprint density at radius 1 is 1.73 bits per heavy atom. The molecule has 0 spiro atoms.